The Morgan fingerprint density at radius 3 is 2.82 bits per heavy atom. The Kier molecular flexibility index (Phi) is 3.60. The van der Waals surface area contributed by atoms with Crippen LogP contribution in [-0.4, -0.2) is 10.1 Å². The van der Waals surface area contributed by atoms with E-state index in [1.165, 1.54) is 11.4 Å². The van der Waals surface area contributed by atoms with Crippen molar-refractivity contribution in [1.29, 1.82) is 0 Å². The molecule has 1 atom stereocenters. The number of rotatable bonds is 3. The summed E-state index contributed by atoms with van der Waals surface area (Å²) in [6.07, 6.45) is 3.83. The van der Waals surface area contributed by atoms with Crippen LogP contribution in [0.15, 0.2) is 0 Å². The second kappa shape index (κ2) is 4.69. The van der Waals surface area contributed by atoms with Crippen molar-refractivity contribution < 1.29 is 5.11 Å². The van der Waals surface area contributed by atoms with Crippen molar-refractivity contribution in [2.75, 3.05) is 0 Å². The zero-order valence-electron chi connectivity index (χ0n) is 11.3. The van der Waals surface area contributed by atoms with Crippen molar-refractivity contribution >= 4 is 11.3 Å². The highest BCUT2D eigenvalue weighted by Gasteiger charge is 2.33. The molecule has 1 aliphatic rings. The van der Waals surface area contributed by atoms with Crippen LogP contribution in [0.4, 0.5) is 0 Å². The fraction of sp³-hybridized carbons (Fsp3) is 0.786. The molecule has 1 aromatic rings. The number of aromatic nitrogens is 1. The van der Waals surface area contributed by atoms with Crippen molar-refractivity contribution in [2.45, 2.75) is 59.5 Å². The average Bonchev–Trinajstić information content (AvgIpc) is 2.56. The largest absolute Gasteiger partial charge is 0.387 e. The quantitative estimate of drug-likeness (QED) is 0.890. The van der Waals surface area contributed by atoms with E-state index in [0.717, 1.165) is 35.8 Å². The van der Waals surface area contributed by atoms with Gasteiger partial charge >= 0.3 is 0 Å². The Balaban J connectivity index is 2.15. The van der Waals surface area contributed by atoms with Gasteiger partial charge in [-0.25, -0.2) is 4.98 Å². The third kappa shape index (κ3) is 3.08. The molecule has 0 fully saturated rings. The lowest BCUT2D eigenvalue weighted by molar-refractivity contribution is 0.102. The van der Waals surface area contributed by atoms with Crippen LogP contribution in [0.5, 0.6) is 0 Å². The molecule has 2 nitrogen and oxygen atoms in total. The number of hydrogen-bond donors (Lipinski definition) is 1. The van der Waals surface area contributed by atoms with Gasteiger partial charge in [0.25, 0.3) is 0 Å². The number of nitrogens with zero attached hydrogens (tertiary/aromatic N) is 1. The van der Waals surface area contributed by atoms with Gasteiger partial charge in [0.05, 0.1) is 21.7 Å². The van der Waals surface area contributed by atoms with Crippen LogP contribution >= 0.6 is 11.3 Å². The van der Waals surface area contributed by atoms with E-state index in [0.29, 0.717) is 0 Å². The maximum absolute atomic E-state index is 10.2. The summed E-state index contributed by atoms with van der Waals surface area (Å²) in [4.78, 5) is 5.86. The highest BCUT2D eigenvalue weighted by molar-refractivity contribution is 7.11. The highest BCUT2D eigenvalue weighted by Crippen LogP contribution is 2.43. The fourth-order valence-electron chi connectivity index (χ4n) is 2.46. The summed E-state index contributed by atoms with van der Waals surface area (Å²) in [7, 11) is 0. The molecule has 0 aliphatic heterocycles. The number of aliphatic hydroxyl groups is 1. The molecule has 0 bridgehead atoms. The summed E-state index contributed by atoms with van der Waals surface area (Å²) in [5.41, 5.74) is 1.34. The first kappa shape index (κ1) is 13.0. The predicted octanol–water partition coefficient (Wildman–Crippen LogP) is 3.74. The van der Waals surface area contributed by atoms with Gasteiger partial charge in [0, 0.05) is 0 Å². The number of thiazole rings is 1. The SMILES string of the molecule is CC(C)CCc1nc2c(s1)C(O)CC(C)(C)C2. The van der Waals surface area contributed by atoms with Crippen LogP contribution < -0.4 is 0 Å². The third-order valence-corrected chi connectivity index (χ3v) is 4.66. The Bertz CT molecular complexity index is 395. The second-order valence-electron chi connectivity index (χ2n) is 6.41. The summed E-state index contributed by atoms with van der Waals surface area (Å²) in [6, 6.07) is 0. The van der Waals surface area contributed by atoms with Crippen LogP contribution in [0.1, 0.15) is 62.2 Å². The molecule has 0 amide bonds. The molecular formula is C14H23NOS. The van der Waals surface area contributed by atoms with E-state index in [-0.39, 0.29) is 11.5 Å². The molecule has 1 unspecified atom stereocenters. The lowest BCUT2D eigenvalue weighted by Gasteiger charge is -2.31. The first-order chi connectivity index (χ1) is 7.87. The molecule has 0 saturated carbocycles. The Morgan fingerprint density at radius 2 is 2.18 bits per heavy atom. The average molecular weight is 253 g/mol. The Morgan fingerprint density at radius 1 is 1.47 bits per heavy atom. The van der Waals surface area contributed by atoms with E-state index >= 15 is 0 Å². The van der Waals surface area contributed by atoms with Crippen molar-refractivity contribution in [3.8, 4) is 0 Å². The van der Waals surface area contributed by atoms with Gasteiger partial charge < -0.3 is 5.11 Å². The van der Waals surface area contributed by atoms with Crippen LogP contribution in [0.25, 0.3) is 0 Å². The number of hydrogen-bond acceptors (Lipinski definition) is 3. The van der Waals surface area contributed by atoms with Gasteiger partial charge in [-0.15, -0.1) is 11.3 Å². The predicted molar refractivity (Wildman–Crippen MR) is 72.3 cm³/mol. The van der Waals surface area contributed by atoms with Crippen LogP contribution in [0, 0.1) is 11.3 Å². The topological polar surface area (TPSA) is 33.1 Å². The summed E-state index contributed by atoms with van der Waals surface area (Å²) < 4.78 is 0. The lowest BCUT2D eigenvalue weighted by Crippen LogP contribution is -2.24. The van der Waals surface area contributed by atoms with Crippen LogP contribution in [0.2, 0.25) is 0 Å². The van der Waals surface area contributed by atoms with Gasteiger partial charge in [-0.05, 0) is 37.0 Å². The molecule has 0 radical (unpaired) electrons. The first-order valence-electron chi connectivity index (χ1n) is 6.54. The number of aliphatic hydroxyl groups excluding tert-OH is 1. The van der Waals surface area contributed by atoms with Crippen molar-refractivity contribution in [3.05, 3.63) is 15.6 Å². The smallest absolute Gasteiger partial charge is 0.0932 e. The molecule has 17 heavy (non-hydrogen) atoms. The Labute approximate surface area is 108 Å². The van der Waals surface area contributed by atoms with Gasteiger partial charge in [-0.2, -0.15) is 0 Å². The molecule has 0 spiro atoms. The molecule has 3 heteroatoms. The van der Waals surface area contributed by atoms with E-state index < -0.39 is 0 Å². The highest BCUT2D eigenvalue weighted by atomic mass is 32.1. The zero-order chi connectivity index (χ0) is 12.6. The van der Waals surface area contributed by atoms with Gasteiger partial charge in [-0.1, -0.05) is 27.7 Å². The maximum Gasteiger partial charge on any atom is 0.0932 e. The molecule has 1 aliphatic carbocycles. The molecule has 0 saturated heterocycles. The molecule has 0 aromatic carbocycles. The lowest BCUT2D eigenvalue weighted by atomic mass is 9.77. The monoisotopic (exact) mass is 253 g/mol. The van der Waals surface area contributed by atoms with Crippen molar-refractivity contribution in [3.63, 3.8) is 0 Å². The van der Waals surface area contributed by atoms with E-state index in [2.05, 4.69) is 27.7 Å². The van der Waals surface area contributed by atoms with E-state index in [4.69, 9.17) is 4.98 Å². The molecular weight excluding hydrogens is 230 g/mol. The summed E-state index contributed by atoms with van der Waals surface area (Å²) in [5, 5.41) is 11.4. The first-order valence-corrected chi connectivity index (χ1v) is 7.35. The minimum Gasteiger partial charge on any atom is -0.387 e. The number of fused-ring (bicyclic) bond motifs is 1. The van der Waals surface area contributed by atoms with E-state index in [1.54, 1.807) is 11.3 Å². The van der Waals surface area contributed by atoms with Crippen LogP contribution in [0.3, 0.4) is 0 Å². The second-order valence-corrected chi connectivity index (χ2v) is 7.53. The summed E-state index contributed by atoms with van der Waals surface area (Å²) >= 11 is 1.73. The minimum atomic E-state index is -0.293. The van der Waals surface area contributed by atoms with Crippen molar-refractivity contribution in [1.82, 2.24) is 4.98 Å². The summed E-state index contributed by atoms with van der Waals surface area (Å²) in [5.74, 6) is 0.720. The minimum absolute atomic E-state index is 0.190. The molecule has 96 valence electrons. The van der Waals surface area contributed by atoms with Crippen LogP contribution in [-0.2, 0) is 12.8 Å². The molecule has 1 aromatic heterocycles. The molecule has 2 rings (SSSR count). The fourth-order valence-corrected chi connectivity index (χ4v) is 3.55. The molecule has 1 N–H and O–H groups in total. The standard InChI is InChI=1S/C14H23NOS/c1-9(2)5-6-12-15-10-7-14(3,4)8-11(16)13(10)17-12/h9,11,16H,5-8H2,1-4H3. The zero-order valence-corrected chi connectivity index (χ0v) is 12.1. The normalized spacial score (nSPS) is 22.8. The van der Waals surface area contributed by atoms with Crippen molar-refractivity contribution in [2.24, 2.45) is 11.3 Å². The van der Waals surface area contributed by atoms with Gasteiger partial charge in [0.2, 0.25) is 0 Å². The molecule has 1 heterocycles. The summed E-state index contributed by atoms with van der Waals surface area (Å²) in [6.45, 7) is 8.91. The van der Waals surface area contributed by atoms with Gasteiger partial charge in [0.15, 0.2) is 0 Å². The third-order valence-electron chi connectivity index (χ3n) is 3.40. The maximum atomic E-state index is 10.2. The van der Waals surface area contributed by atoms with Gasteiger partial charge in [0.1, 0.15) is 0 Å². The van der Waals surface area contributed by atoms with E-state index in [9.17, 15) is 5.11 Å². The Hall–Kier alpha value is -0.410. The number of aryl methyl sites for hydroxylation is 1. The van der Waals surface area contributed by atoms with Gasteiger partial charge in [-0.3, -0.25) is 0 Å². The van der Waals surface area contributed by atoms with E-state index in [1.807, 2.05) is 0 Å².